The summed E-state index contributed by atoms with van der Waals surface area (Å²) in [7, 11) is -0.237. The number of carbonyl (C=O) groups is 1. The van der Waals surface area contributed by atoms with Crippen molar-refractivity contribution < 1.29 is 27.8 Å². The maximum atomic E-state index is 12.4. The van der Waals surface area contributed by atoms with Crippen LogP contribution in [0.25, 0.3) is 0 Å². The molecule has 1 heterocycles. The third kappa shape index (κ3) is 4.63. The van der Waals surface area contributed by atoms with Crippen molar-refractivity contribution in [3.63, 3.8) is 0 Å². The molecular weight excluding hydrogens is 396 g/mol. The van der Waals surface area contributed by atoms with E-state index >= 15 is 0 Å². The Hall–Kier alpha value is -2.78. The van der Waals surface area contributed by atoms with Gasteiger partial charge in [-0.05, 0) is 48.9 Å². The second kappa shape index (κ2) is 8.71. The number of sulfonamides is 1. The normalized spacial score (nSPS) is 16.3. The van der Waals surface area contributed by atoms with E-state index in [-0.39, 0.29) is 18.2 Å². The maximum Gasteiger partial charge on any atom is 0.251 e. The number of ether oxygens (including phenoxy) is 2. The first-order chi connectivity index (χ1) is 13.9. The Morgan fingerprint density at radius 1 is 1.17 bits per heavy atom. The molecule has 1 fully saturated rings. The highest BCUT2D eigenvalue weighted by atomic mass is 32.2. The van der Waals surface area contributed by atoms with Crippen LogP contribution in [0.1, 0.15) is 28.4 Å². The average Bonchev–Trinajstić information content (AvgIpc) is 3.10. The molecule has 9 heteroatoms. The minimum absolute atomic E-state index is 0.0232. The predicted molar refractivity (Wildman–Crippen MR) is 109 cm³/mol. The summed E-state index contributed by atoms with van der Waals surface area (Å²) in [5.74, 6) is 0.824. The molecule has 0 aromatic heterocycles. The van der Waals surface area contributed by atoms with E-state index in [0.717, 1.165) is 0 Å². The SMILES string of the molecule is COc1ccc(OC)c(C(O)CNC(=O)c2ccc(N3CCCS3(=O)=O)cc2)c1. The van der Waals surface area contributed by atoms with Crippen molar-refractivity contribution in [2.45, 2.75) is 12.5 Å². The molecule has 0 radical (unpaired) electrons. The van der Waals surface area contributed by atoms with E-state index in [1.807, 2.05) is 0 Å². The van der Waals surface area contributed by atoms with Crippen LogP contribution in [0.15, 0.2) is 42.5 Å². The summed E-state index contributed by atoms with van der Waals surface area (Å²) in [6, 6.07) is 11.4. The molecular formula is C20H24N2O6S. The van der Waals surface area contributed by atoms with Gasteiger partial charge in [-0.1, -0.05) is 0 Å². The lowest BCUT2D eigenvalue weighted by molar-refractivity contribution is 0.0914. The summed E-state index contributed by atoms with van der Waals surface area (Å²) in [4.78, 5) is 12.4. The molecule has 1 aliphatic rings. The number of aliphatic hydroxyl groups is 1. The van der Waals surface area contributed by atoms with Gasteiger partial charge in [0.2, 0.25) is 10.0 Å². The van der Waals surface area contributed by atoms with E-state index in [4.69, 9.17) is 9.47 Å². The van der Waals surface area contributed by atoms with E-state index in [0.29, 0.717) is 41.3 Å². The molecule has 2 N–H and O–H groups in total. The highest BCUT2D eigenvalue weighted by Gasteiger charge is 2.28. The fourth-order valence-electron chi connectivity index (χ4n) is 3.21. The van der Waals surface area contributed by atoms with E-state index in [9.17, 15) is 18.3 Å². The van der Waals surface area contributed by atoms with Crippen LogP contribution in [-0.2, 0) is 10.0 Å². The lowest BCUT2D eigenvalue weighted by atomic mass is 10.1. The fraction of sp³-hybridized carbons (Fsp3) is 0.350. The number of rotatable bonds is 7. The van der Waals surface area contributed by atoms with Crippen molar-refractivity contribution in [3.8, 4) is 11.5 Å². The fourth-order valence-corrected chi connectivity index (χ4v) is 4.77. The van der Waals surface area contributed by atoms with E-state index in [2.05, 4.69) is 5.32 Å². The van der Waals surface area contributed by atoms with Crippen LogP contribution in [-0.4, -0.2) is 52.5 Å². The van der Waals surface area contributed by atoms with Crippen molar-refractivity contribution in [3.05, 3.63) is 53.6 Å². The molecule has 29 heavy (non-hydrogen) atoms. The van der Waals surface area contributed by atoms with Gasteiger partial charge in [0.15, 0.2) is 0 Å². The third-order valence-corrected chi connectivity index (χ3v) is 6.64. The highest BCUT2D eigenvalue weighted by molar-refractivity contribution is 7.93. The summed E-state index contributed by atoms with van der Waals surface area (Å²) < 4.78 is 35.8. The van der Waals surface area contributed by atoms with Crippen LogP contribution in [0.4, 0.5) is 5.69 Å². The predicted octanol–water partition coefficient (Wildman–Crippen LogP) is 1.71. The third-order valence-electron chi connectivity index (χ3n) is 4.77. The lowest BCUT2D eigenvalue weighted by Crippen LogP contribution is -2.29. The van der Waals surface area contributed by atoms with Crippen molar-refractivity contribution in [1.82, 2.24) is 5.32 Å². The summed E-state index contributed by atoms with van der Waals surface area (Å²) in [5, 5.41) is 13.1. The summed E-state index contributed by atoms with van der Waals surface area (Å²) in [6.45, 7) is 0.424. The number of nitrogens with zero attached hydrogens (tertiary/aromatic N) is 1. The highest BCUT2D eigenvalue weighted by Crippen LogP contribution is 2.29. The van der Waals surface area contributed by atoms with Gasteiger partial charge in [0.05, 0.1) is 25.7 Å². The van der Waals surface area contributed by atoms with Crippen molar-refractivity contribution in [2.24, 2.45) is 0 Å². The quantitative estimate of drug-likeness (QED) is 0.707. The largest absolute Gasteiger partial charge is 0.497 e. The second-order valence-electron chi connectivity index (χ2n) is 6.62. The molecule has 1 unspecified atom stereocenters. The zero-order valence-corrected chi connectivity index (χ0v) is 17.1. The van der Waals surface area contributed by atoms with Gasteiger partial charge in [-0.3, -0.25) is 9.10 Å². The van der Waals surface area contributed by atoms with Crippen LogP contribution in [0.3, 0.4) is 0 Å². The van der Waals surface area contributed by atoms with Gasteiger partial charge < -0.3 is 19.9 Å². The number of hydrogen-bond donors (Lipinski definition) is 2. The van der Waals surface area contributed by atoms with Crippen LogP contribution >= 0.6 is 0 Å². The maximum absolute atomic E-state index is 12.4. The van der Waals surface area contributed by atoms with Crippen LogP contribution < -0.4 is 19.1 Å². The number of nitrogens with one attached hydrogen (secondary N) is 1. The smallest absolute Gasteiger partial charge is 0.251 e. The molecule has 0 bridgehead atoms. The zero-order valence-electron chi connectivity index (χ0n) is 16.3. The van der Waals surface area contributed by atoms with Gasteiger partial charge in [0, 0.05) is 24.2 Å². The van der Waals surface area contributed by atoms with Gasteiger partial charge in [0.1, 0.15) is 17.6 Å². The Morgan fingerprint density at radius 3 is 2.48 bits per heavy atom. The molecule has 0 spiro atoms. The second-order valence-corrected chi connectivity index (χ2v) is 8.64. The van der Waals surface area contributed by atoms with Crippen molar-refractivity contribution in [1.29, 1.82) is 0 Å². The number of benzene rings is 2. The number of aliphatic hydroxyl groups excluding tert-OH is 1. The molecule has 3 rings (SSSR count). The minimum Gasteiger partial charge on any atom is -0.497 e. The Bertz CT molecular complexity index is 975. The molecule has 156 valence electrons. The Morgan fingerprint density at radius 2 is 1.90 bits per heavy atom. The summed E-state index contributed by atoms with van der Waals surface area (Å²) >= 11 is 0. The molecule has 2 aromatic rings. The Balaban J connectivity index is 1.65. The van der Waals surface area contributed by atoms with Crippen LogP contribution in [0, 0.1) is 0 Å². The van der Waals surface area contributed by atoms with Gasteiger partial charge in [0.25, 0.3) is 5.91 Å². The average molecular weight is 420 g/mol. The van der Waals surface area contributed by atoms with E-state index < -0.39 is 16.1 Å². The van der Waals surface area contributed by atoms with Gasteiger partial charge in [-0.15, -0.1) is 0 Å². The summed E-state index contributed by atoms with van der Waals surface area (Å²) in [6.07, 6.45) is -0.395. The van der Waals surface area contributed by atoms with Gasteiger partial charge >= 0.3 is 0 Å². The summed E-state index contributed by atoms with van der Waals surface area (Å²) in [5.41, 5.74) is 1.41. The number of methoxy groups -OCH3 is 2. The number of carbonyl (C=O) groups excluding carboxylic acids is 1. The number of amides is 1. The molecule has 0 saturated carbocycles. The Kier molecular flexibility index (Phi) is 6.29. The van der Waals surface area contributed by atoms with Gasteiger partial charge in [-0.2, -0.15) is 0 Å². The molecule has 0 aliphatic carbocycles. The first-order valence-electron chi connectivity index (χ1n) is 9.14. The van der Waals surface area contributed by atoms with E-state index in [1.54, 1.807) is 42.5 Å². The van der Waals surface area contributed by atoms with Crippen molar-refractivity contribution in [2.75, 3.05) is 37.4 Å². The number of hydrogen-bond acceptors (Lipinski definition) is 6. The monoisotopic (exact) mass is 420 g/mol. The molecule has 1 atom stereocenters. The molecule has 1 saturated heterocycles. The van der Waals surface area contributed by atoms with Gasteiger partial charge in [-0.25, -0.2) is 8.42 Å². The Labute approximate surface area is 170 Å². The van der Waals surface area contributed by atoms with Crippen LogP contribution in [0.5, 0.6) is 11.5 Å². The lowest BCUT2D eigenvalue weighted by Gasteiger charge is -2.18. The first-order valence-corrected chi connectivity index (χ1v) is 10.8. The molecule has 8 nitrogen and oxygen atoms in total. The molecule has 2 aromatic carbocycles. The minimum atomic E-state index is -3.26. The zero-order chi connectivity index (χ0) is 21.0. The van der Waals surface area contributed by atoms with Crippen molar-refractivity contribution >= 4 is 21.6 Å². The number of anilines is 1. The van der Waals surface area contributed by atoms with Crippen LogP contribution in [0.2, 0.25) is 0 Å². The molecule has 1 amide bonds. The molecule has 1 aliphatic heterocycles. The first kappa shape index (κ1) is 20.9. The standard InChI is InChI=1S/C20H24N2O6S/c1-27-16-8-9-19(28-2)17(12-16)18(23)13-21-20(24)14-4-6-15(7-5-14)22-10-3-11-29(22,25)26/h4-9,12,18,23H,3,10-11,13H2,1-2H3,(H,21,24). The van der Waals surface area contributed by atoms with E-state index in [1.165, 1.54) is 18.5 Å². The topological polar surface area (TPSA) is 105 Å².